The van der Waals surface area contributed by atoms with Gasteiger partial charge in [-0.05, 0) is 30.0 Å². The van der Waals surface area contributed by atoms with Crippen molar-refractivity contribution in [3.05, 3.63) is 29.8 Å². The minimum Gasteiger partial charge on any atom is -0.497 e. The molecule has 1 aliphatic rings. The quantitative estimate of drug-likeness (QED) is 0.473. The zero-order valence-corrected chi connectivity index (χ0v) is 19.5. The van der Waals surface area contributed by atoms with Crippen molar-refractivity contribution in [1.29, 1.82) is 0 Å². The van der Waals surface area contributed by atoms with Crippen LogP contribution >= 0.6 is 0 Å². The predicted molar refractivity (Wildman–Crippen MR) is 122 cm³/mol. The Hall–Kier alpha value is -1.83. The SMILES string of the molecule is CCNC(=NCC(OC)C(C)(C)C)NCC(c1ccc(OC)cc1)N1CCOCC1. The van der Waals surface area contributed by atoms with Crippen LogP contribution in [0.15, 0.2) is 29.3 Å². The summed E-state index contributed by atoms with van der Waals surface area (Å²) in [6.45, 7) is 14.2. The Bertz CT molecular complexity index is 637. The number of methoxy groups -OCH3 is 2. The highest BCUT2D eigenvalue weighted by Crippen LogP contribution is 2.24. The molecule has 30 heavy (non-hydrogen) atoms. The van der Waals surface area contributed by atoms with E-state index < -0.39 is 0 Å². The number of benzene rings is 1. The second kappa shape index (κ2) is 12.1. The van der Waals surface area contributed by atoms with Crippen molar-refractivity contribution in [3.8, 4) is 5.75 Å². The highest BCUT2D eigenvalue weighted by atomic mass is 16.5. The third kappa shape index (κ3) is 7.45. The van der Waals surface area contributed by atoms with E-state index in [9.17, 15) is 0 Å². The monoisotopic (exact) mass is 420 g/mol. The van der Waals surface area contributed by atoms with E-state index in [0.717, 1.165) is 51.1 Å². The fourth-order valence-electron chi connectivity index (χ4n) is 3.58. The van der Waals surface area contributed by atoms with Crippen LogP contribution in [0.25, 0.3) is 0 Å². The van der Waals surface area contributed by atoms with Gasteiger partial charge in [-0.25, -0.2) is 0 Å². The topological polar surface area (TPSA) is 67.4 Å². The lowest BCUT2D eigenvalue weighted by atomic mass is 9.89. The molecule has 1 aromatic rings. The van der Waals surface area contributed by atoms with Gasteiger partial charge in [-0.2, -0.15) is 0 Å². The van der Waals surface area contributed by atoms with Crippen LogP contribution in [-0.2, 0) is 9.47 Å². The molecule has 7 heteroatoms. The molecular weight excluding hydrogens is 380 g/mol. The average Bonchev–Trinajstić information content (AvgIpc) is 2.74. The molecule has 0 saturated carbocycles. The van der Waals surface area contributed by atoms with E-state index in [0.29, 0.717) is 6.54 Å². The first kappa shape index (κ1) is 24.4. The zero-order chi connectivity index (χ0) is 22.0. The molecule has 1 aromatic carbocycles. The summed E-state index contributed by atoms with van der Waals surface area (Å²) in [6.07, 6.45) is 0.0598. The van der Waals surface area contributed by atoms with E-state index in [1.807, 2.05) is 12.1 Å². The molecule has 0 radical (unpaired) electrons. The second-order valence-electron chi connectivity index (χ2n) is 8.63. The lowest BCUT2D eigenvalue weighted by Crippen LogP contribution is -2.46. The normalized spacial score (nSPS) is 18.0. The molecule has 0 aromatic heterocycles. The van der Waals surface area contributed by atoms with Gasteiger partial charge in [-0.15, -0.1) is 0 Å². The summed E-state index contributed by atoms with van der Waals surface area (Å²) < 4.78 is 16.5. The summed E-state index contributed by atoms with van der Waals surface area (Å²) in [6, 6.07) is 8.56. The van der Waals surface area contributed by atoms with Gasteiger partial charge in [-0.3, -0.25) is 9.89 Å². The summed E-state index contributed by atoms with van der Waals surface area (Å²) in [5.41, 5.74) is 1.29. The van der Waals surface area contributed by atoms with Crippen LogP contribution in [0.3, 0.4) is 0 Å². The van der Waals surface area contributed by atoms with Crippen LogP contribution in [0.2, 0.25) is 0 Å². The third-order valence-electron chi connectivity index (χ3n) is 5.46. The minimum atomic E-state index is 0.0367. The van der Waals surface area contributed by atoms with Gasteiger partial charge in [0.1, 0.15) is 5.75 Å². The zero-order valence-electron chi connectivity index (χ0n) is 19.5. The van der Waals surface area contributed by atoms with Crippen LogP contribution in [-0.4, -0.2) is 77.1 Å². The highest BCUT2D eigenvalue weighted by molar-refractivity contribution is 5.79. The first-order valence-corrected chi connectivity index (χ1v) is 10.9. The fraction of sp³-hybridized carbons (Fsp3) is 0.696. The van der Waals surface area contributed by atoms with Gasteiger partial charge in [0.2, 0.25) is 0 Å². The lowest BCUT2D eigenvalue weighted by molar-refractivity contribution is 0.0169. The number of nitrogens with zero attached hydrogens (tertiary/aromatic N) is 2. The maximum atomic E-state index is 5.66. The van der Waals surface area contributed by atoms with Gasteiger partial charge in [0.15, 0.2) is 5.96 Å². The highest BCUT2D eigenvalue weighted by Gasteiger charge is 2.25. The molecule has 2 rings (SSSR count). The molecule has 1 heterocycles. The van der Waals surface area contributed by atoms with Gasteiger partial charge >= 0.3 is 0 Å². The molecule has 2 unspecified atom stereocenters. The van der Waals surface area contributed by atoms with E-state index in [1.54, 1.807) is 14.2 Å². The Morgan fingerprint density at radius 2 is 1.80 bits per heavy atom. The Labute approximate surface area is 182 Å². The number of guanidine groups is 1. The number of morpholine rings is 1. The maximum absolute atomic E-state index is 5.66. The number of ether oxygens (including phenoxy) is 3. The fourth-order valence-corrected chi connectivity index (χ4v) is 3.58. The van der Waals surface area contributed by atoms with Crippen molar-refractivity contribution in [1.82, 2.24) is 15.5 Å². The summed E-state index contributed by atoms with van der Waals surface area (Å²) in [5.74, 6) is 1.69. The molecular formula is C23H40N4O3. The first-order chi connectivity index (χ1) is 14.4. The predicted octanol–water partition coefficient (Wildman–Crippen LogP) is 2.68. The molecule has 1 aliphatic heterocycles. The first-order valence-electron chi connectivity index (χ1n) is 10.9. The molecule has 7 nitrogen and oxygen atoms in total. The molecule has 0 spiro atoms. The molecule has 1 fully saturated rings. The second-order valence-corrected chi connectivity index (χ2v) is 8.63. The Kier molecular flexibility index (Phi) is 9.88. The van der Waals surface area contributed by atoms with Crippen molar-refractivity contribution in [2.75, 3.05) is 60.2 Å². The number of hydrogen-bond acceptors (Lipinski definition) is 5. The molecule has 0 aliphatic carbocycles. The number of hydrogen-bond donors (Lipinski definition) is 2. The van der Waals surface area contributed by atoms with E-state index >= 15 is 0 Å². The van der Waals surface area contributed by atoms with Gasteiger partial charge < -0.3 is 24.8 Å². The molecule has 2 atom stereocenters. The van der Waals surface area contributed by atoms with Crippen LogP contribution in [0.4, 0.5) is 0 Å². The molecule has 2 N–H and O–H groups in total. The summed E-state index contributed by atoms with van der Waals surface area (Å²) in [7, 11) is 3.45. The number of rotatable bonds is 9. The van der Waals surface area contributed by atoms with Crippen LogP contribution in [0.5, 0.6) is 5.75 Å². The maximum Gasteiger partial charge on any atom is 0.191 e. The van der Waals surface area contributed by atoms with E-state index in [4.69, 9.17) is 19.2 Å². The Balaban J connectivity index is 2.12. The van der Waals surface area contributed by atoms with Crippen molar-refractivity contribution >= 4 is 5.96 Å². The van der Waals surface area contributed by atoms with E-state index in [-0.39, 0.29) is 17.6 Å². The molecule has 1 saturated heterocycles. The molecule has 0 bridgehead atoms. The van der Waals surface area contributed by atoms with Crippen LogP contribution in [0, 0.1) is 5.41 Å². The van der Waals surface area contributed by atoms with Gasteiger partial charge in [0, 0.05) is 33.3 Å². The summed E-state index contributed by atoms with van der Waals surface area (Å²) in [4.78, 5) is 7.26. The molecule has 170 valence electrons. The number of aliphatic imine (C=N–C) groups is 1. The van der Waals surface area contributed by atoms with Gasteiger partial charge in [0.25, 0.3) is 0 Å². The van der Waals surface area contributed by atoms with Crippen LogP contribution < -0.4 is 15.4 Å². The van der Waals surface area contributed by atoms with Crippen molar-refractivity contribution in [2.24, 2.45) is 10.4 Å². The van der Waals surface area contributed by atoms with E-state index in [2.05, 4.69) is 55.4 Å². The third-order valence-corrected chi connectivity index (χ3v) is 5.46. The van der Waals surface area contributed by atoms with Crippen molar-refractivity contribution < 1.29 is 14.2 Å². The summed E-state index contributed by atoms with van der Waals surface area (Å²) in [5, 5.41) is 6.91. The lowest BCUT2D eigenvalue weighted by Gasteiger charge is -2.35. The largest absolute Gasteiger partial charge is 0.497 e. The van der Waals surface area contributed by atoms with E-state index in [1.165, 1.54) is 5.56 Å². The van der Waals surface area contributed by atoms with Gasteiger partial charge in [-0.1, -0.05) is 32.9 Å². The molecule has 0 amide bonds. The summed E-state index contributed by atoms with van der Waals surface area (Å²) >= 11 is 0. The van der Waals surface area contributed by atoms with Gasteiger partial charge in [0.05, 0.1) is 39.0 Å². The van der Waals surface area contributed by atoms with Crippen molar-refractivity contribution in [2.45, 2.75) is 39.8 Å². The number of nitrogens with one attached hydrogen (secondary N) is 2. The minimum absolute atomic E-state index is 0.0367. The smallest absolute Gasteiger partial charge is 0.191 e. The Morgan fingerprint density at radius 3 is 2.33 bits per heavy atom. The average molecular weight is 421 g/mol. The standard InChI is InChI=1S/C23H40N4O3/c1-7-24-22(26-17-21(29-6)23(2,3)4)25-16-20(27-12-14-30-15-13-27)18-8-10-19(28-5)11-9-18/h8-11,20-21H,7,12-17H2,1-6H3,(H2,24,25,26). The van der Waals surface area contributed by atoms with Crippen molar-refractivity contribution in [3.63, 3.8) is 0 Å². The Morgan fingerprint density at radius 1 is 1.13 bits per heavy atom. The van der Waals surface area contributed by atoms with Crippen LogP contribution in [0.1, 0.15) is 39.3 Å².